The Morgan fingerprint density at radius 1 is 1.26 bits per heavy atom. The molecule has 154 valence electrons. The number of alkyl halides is 3. The molecular weight excluding hydrogens is 381 g/mol. The van der Waals surface area contributed by atoms with Crippen LogP contribution < -0.4 is 14.8 Å². The van der Waals surface area contributed by atoms with E-state index in [1.54, 1.807) is 6.07 Å². The molecular formula is C19H28ClF3N2O2. The predicted octanol–water partition coefficient (Wildman–Crippen LogP) is 4.71. The third-order valence-corrected chi connectivity index (χ3v) is 4.52. The molecule has 1 aliphatic heterocycles. The van der Waals surface area contributed by atoms with E-state index >= 15 is 0 Å². The molecule has 1 aliphatic rings. The van der Waals surface area contributed by atoms with Crippen LogP contribution in [0.25, 0.3) is 0 Å². The molecule has 1 saturated heterocycles. The van der Waals surface area contributed by atoms with Gasteiger partial charge in [0.1, 0.15) is 11.5 Å². The van der Waals surface area contributed by atoms with Crippen LogP contribution in [0.3, 0.4) is 0 Å². The van der Waals surface area contributed by atoms with Crippen LogP contribution in [0.5, 0.6) is 11.5 Å². The normalized spacial score (nSPS) is 16.3. The average Bonchev–Trinajstić information content (AvgIpc) is 2.61. The summed E-state index contributed by atoms with van der Waals surface area (Å²) in [5, 5.41) is 3.31. The first kappa shape index (κ1) is 23.6. The van der Waals surface area contributed by atoms with Gasteiger partial charge in [-0.1, -0.05) is 12.5 Å². The fraction of sp³-hybridized carbons (Fsp3) is 0.579. The minimum Gasteiger partial charge on any atom is -0.496 e. The van der Waals surface area contributed by atoms with E-state index in [2.05, 4.69) is 21.5 Å². The number of allylic oxidation sites excluding steroid dienone is 1. The zero-order valence-corrected chi connectivity index (χ0v) is 16.4. The summed E-state index contributed by atoms with van der Waals surface area (Å²) in [5.41, 5.74) is 0.745. The van der Waals surface area contributed by atoms with Crippen LogP contribution in [0.1, 0.15) is 37.3 Å². The number of rotatable bonds is 9. The lowest BCUT2D eigenvalue weighted by atomic mass is 9.96. The largest absolute Gasteiger partial charge is 0.573 e. The molecule has 1 fully saturated rings. The second kappa shape index (κ2) is 11.4. The van der Waals surface area contributed by atoms with E-state index in [0.717, 1.165) is 57.4 Å². The van der Waals surface area contributed by atoms with Crippen molar-refractivity contribution in [2.75, 3.05) is 33.3 Å². The maximum Gasteiger partial charge on any atom is 0.573 e. The molecule has 8 heteroatoms. The lowest BCUT2D eigenvalue weighted by Crippen LogP contribution is -2.45. The summed E-state index contributed by atoms with van der Waals surface area (Å²) in [4.78, 5) is 2.31. The molecule has 0 amide bonds. The van der Waals surface area contributed by atoms with Gasteiger partial charge in [-0.05, 0) is 37.5 Å². The van der Waals surface area contributed by atoms with E-state index in [-0.39, 0.29) is 24.2 Å². The number of benzene rings is 1. The molecule has 4 nitrogen and oxygen atoms in total. The Kier molecular flexibility index (Phi) is 9.98. The van der Waals surface area contributed by atoms with E-state index < -0.39 is 6.36 Å². The van der Waals surface area contributed by atoms with Gasteiger partial charge in [-0.2, -0.15) is 0 Å². The van der Waals surface area contributed by atoms with Gasteiger partial charge in [-0.15, -0.1) is 32.2 Å². The molecule has 0 spiro atoms. The molecule has 1 N–H and O–H groups in total. The summed E-state index contributed by atoms with van der Waals surface area (Å²) in [6, 6.07) is 4.30. The van der Waals surface area contributed by atoms with Crippen LogP contribution in [0.2, 0.25) is 0 Å². The summed E-state index contributed by atoms with van der Waals surface area (Å²) < 4.78 is 47.4. The fourth-order valence-electron chi connectivity index (χ4n) is 3.32. The summed E-state index contributed by atoms with van der Waals surface area (Å²) in [6.45, 7) is 7.16. The molecule has 0 aliphatic carbocycles. The van der Waals surface area contributed by atoms with Crippen molar-refractivity contribution in [3.63, 3.8) is 0 Å². The van der Waals surface area contributed by atoms with E-state index in [0.29, 0.717) is 5.75 Å². The maximum absolute atomic E-state index is 12.6. The number of unbranched alkanes of at least 4 members (excludes halogenated alkanes) is 2. The van der Waals surface area contributed by atoms with Crippen molar-refractivity contribution in [2.45, 2.75) is 38.1 Å². The van der Waals surface area contributed by atoms with Crippen molar-refractivity contribution in [3.05, 3.63) is 36.4 Å². The molecule has 27 heavy (non-hydrogen) atoms. The third-order valence-electron chi connectivity index (χ3n) is 4.52. The Balaban J connectivity index is 0.00000364. The minimum atomic E-state index is -4.71. The van der Waals surface area contributed by atoms with Crippen molar-refractivity contribution in [1.82, 2.24) is 10.2 Å². The number of ether oxygens (including phenoxy) is 2. The van der Waals surface area contributed by atoms with Crippen LogP contribution in [-0.4, -0.2) is 44.6 Å². The van der Waals surface area contributed by atoms with Crippen LogP contribution in [-0.2, 0) is 0 Å². The Labute approximate surface area is 165 Å². The summed E-state index contributed by atoms with van der Waals surface area (Å²) in [5.74, 6) is 0.381. The lowest BCUT2D eigenvalue weighted by Gasteiger charge is -2.36. The molecule has 0 bridgehead atoms. The van der Waals surface area contributed by atoms with E-state index in [1.807, 2.05) is 6.08 Å². The van der Waals surface area contributed by atoms with Gasteiger partial charge in [0.05, 0.1) is 7.11 Å². The highest BCUT2D eigenvalue weighted by atomic mass is 35.5. The lowest BCUT2D eigenvalue weighted by molar-refractivity contribution is -0.274. The van der Waals surface area contributed by atoms with Gasteiger partial charge in [-0.25, -0.2) is 0 Å². The van der Waals surface area contributed by atoms with E-state index in [1.165, 1.54) is 19.2 Å². The quantitative estimate of drug-likeness (QED) is 0.474. The number of nitrogens with zero attached hydrogens (tertiary/aromatic N) is 1. The van der Waals surface area contributed by atoms with Crippen molar-refractivity contribution in [2.24, 2.45) is 0 Å². The van der Waals surface area contributed by atoms with E-state index in [9.17, 15) is 13.2 Å². The Bertz CT molecular complexity index is 579. The highest BCUT2D eigenvalue weighted by Crippen LogP contribution is 2.37. The topological polar surface area (TPSA) is 33.7 Å². The molecule has 1 atom stereocenters. The zero-order valence-electron chi connectivity index (χ0n) is 15.6. The SMILES string of the molecule is C=CCCCC[C@H](c1cc(OC(F)(F)F)ccc1OC)N1CCNCC1.Cl. The van der Waals surface area contributed by atoms with Gasteiger partial charge >= 0.3 is 6.36 Å². The number of hydrogen-bond donors (Lipinski definition) is 1. The molecule has 0 unspecified atom stereocenters. The molecule has 1 heterocycles. The molecule has 1 aromatic rings. The first-order valence-corrected chi connectivity index (χ1v) is 8.94. The second-order valence-corrected chi connectivity index (χ2v) is 6.33. The molecule has 2 rings (SSSR count). The van der Waals surface area contributed by atoms with Crippen molar-refractivity contribution in [3.8, 4) is 11.5 Å². The smallest absolute Gasteiger partial charge is 0.496 e. The van der Waals surface area contributed by atoms with Crippen molar-refractivity contribution < 1.29 is 22.6 Å². The third kappa shape index (κ3) is 7.60. The van der Waals surface area contributed by atoms with Crippen LogP contribution in [0, 0.1) is 0 Å². The first-order valence-electron chi connectivity index (χ1n) is 8.94. The number of methoxy groups -OCH3 is 1. The van der Waals surface area contributed by atoms with Gasteiger partial charge in [-0.3, -0.25) is 4.90 Å². The second-order valence-electron chi connectivity index (χ2n) is 6.33. The van der Waals surface area contributed by atoms with Crippen molar-refractivity contribution >= 4 is 12.4 Å². The zero-order chi connectivity index (χ0) is 19.0. The van der Waals surface area contributed by atoms with Gasteiger partial charge in [0.15, 0.2) is 0 Å². The fourth-order valence-corrected chi connectivity index (χ4v) is 3.32. The molecule has 1 aromatic carbocycles. The molecule has 0 aromatic heterocycles. The van der Waals surface area contributed by atoms with Crippen molar-refractivity contribution in [1.29, 1.82) is 0 Å². The Hall–Kier alpha value is -1.44. The highest BCUT2D eigenvalue weighted by molar-refractivity contribution is 5.85. The first-order chi connectivity index (χ1) is 12.4. The average molecular weight is 409 g/mol. The number of halogens is 4. The van der Waals surface area contributed by atoms with E-state index in [4.69, 9.17) is 4.74 Å². The summed E-state index contributed by atoms with van der Waals surface area (Å²) in [7, 11) is 1.54. The Morgan fingerprint density at radius 3 is 2.56 bits per heavy atom. The highest BCUT2D eigenvalue weighted by Gasteiger charge is 2.32. The van der Waals surface area contributed by atoms with Gasteiger partial charge < -0.3 is 14.8 Å². The number of piperazine rings is 1. The van der Waals surface area contributed by atoms with Crippen LogP contribution in [0.15, 0.2) is 30.9 Å². The molecule has 0 radical (unpaired) electrons. The minimum absolute atomic E-state index is 0. The number of hydrogen-bond acceptors (Lipinski definition) is 4. The maximum atomic E-state index is 12.6. The molecule has 0 saturated carbocycles. The number of nitrogens with one attached hydrogen (secondary N) is 1. The monoisotopic (exact) mass is 408 g/mol. The standard InChI is InChI=1S/C19H27F3N2O2.ClH/c1-3-4-5-6-7-17(24-12-10-23-11-13-24)16-14-15(26-19(20,21)22)8-9-18(16)25-2;/h3,8-9,14,17,23H,1,4-7,10-13H2,2H3;1H/t17-;/m1./s1. The summed E-state index contributed by atoms with van der Waals surface area (Å²) in [6.07, 6.45) is 0.933. The van der Waals surface area contributed by atoms with Gasteiger partial charge in [0.2, 0.25) is 0 Å². The predicted molar refractivity (Wildman–Crippen MR) is 103 cm³/mol. The summed E-state index contributed by atoms with van der Waals surface area (Å²) >= 11 is 0. The van der Waals surface area contributed by atoms with Crippen LogP contribution >= 0.6 is 12.4 Å². The Morgan fingerprint density at radius 2 is 1.96 bits per heavy atom. The van der Waals surface area contributed by atoms with Gasteiger partial charge in [0, 0.05) is 37.8 Å². The van der Waals surface area contributed by atoms with Gasteiger partial charge in [0.25, 0.3) is 0 Å². The van der Waals surface area contributed by atoms with Crippen LogP contribution in [0.4, 0.5) is 13.2 Å².